The highest BCUT2D eigenvalue weighted by molar-refractivity contribution is 6.64. The first-order valence-electron chi connectivity index (χ1n) is 4.26. The first-order chi connectivity index (χ1) is 7.18. The summed E-state index contributed by atoms with van der Waals surface area (Å²) in [6, 6.07) is 1.20. The summed E-state index contributed by atoms with van der Waals surface area (Å²) in [7, 11) is 0. The maximum atomic E-state index is 11.5. The molecule has 1 aliphatic rings. The largest absolute Gasteiger partial charge is 0.470 e. The molecular weight excluding hydrogens is 222 g/mol. The van der Waals surface area contributed by atoms with Gasteiger partial charge in [-0.1, -0.05) is 0 Å². The van der Waals surface area contributed by atoms with Crippen LogP contribution in [0.2, 0.25) is 0 Å². The van der Waals surface area contributed by atoms with Crippen molar-refractivity contribution in [2.24, 2.45) is 0 Å². The molecule has 15 heavy (non-hydrogen) atoms. The summed E-state index contributed by atoms with van der Waals surface area (Å²) in [5.41, 5.74) is 3.44. The van der Waals surface area contributed by atoms with E-state index >= 15 is 0 Å². The van der Waals surface area contributed by atoms with Crippen molar-refractivity contribution in [3.8, 4) is 0 Å². The van der Waals surface area contributed by atoms with Crippen LogP contribution in [0.15, 0.2) is 23.0 Å². The van der Waals surface area contributed by atoms with E-state index in [1.807, 2.05) is 0 Å². The van der Waals surface area contributed by atoms with Crippen molar-refractivity contribution in [2.45, 2.75) is 0 Å². The maximum Gasteiger partial charge on any atom is 0.346 e. The number of carbonyl (C=O) groups is 2. The topological polar surface area (TPSA) is 65.8 Å². The summed E-state index contributed by atoms with van der Waals surface area (Å²) < 4.78 is 4.83. The van der Waals surface area contributed by atoms with Gasteiger partial charge in [-0.15, -0.1) is 0 Å². The molecule has 0 radical (unpaired) electrons. The predicted molar refractivity (Wildman–Crippen MR) is 52.4 cm³/mol. The van der Waals surface area contributed by atoms with Crippen molar-refractivity contribution in [2.75, 3.05) is 18.5 Å². The fourth-order valence-corrected chi connectivity index (χ4v) is 1.44. The van der Waals surface area contributed by atoms with Crippen molar-refractivity contribution in [1.29, 1.82) is 0 Å². The van der Waals surface area contributed by atoms with E-state index in [2.05, 4.69) is 5.43 Å². The Balaban J connectivity index is 2.02. The van der Waals surface area contributed by atoms with Gasteiger partial charge in [0.1, 0.15) is 6.26 Å². The first-order valence-corrected chi connectivity index (χ1v) is 4.63. The summed E-state index contributed by atoms with van der Waals surface area (Å²) >= 11 is 5.22. The summed E-state index contributed by atoms with van der Waals surface area (Å²) in [5, 5.41) is 0.530. The van der Waals surface area contributed by atoms with Gasteiger partial charge in [0.2, 0.25) is 0 Å². The lowest BCUT2D eigenvalue weighted by Gasteiger charge is -2.16. The summed E-state index contributed by atoms with van der Waals surface area (Å²) in [6.45, 7) is 0.675. The van der Waals surface area contributed by atoms with Crippen LogP contribution in [0.25, 0.3) is 0 Å². The zero-order chi connectivity index (χ0) is 10.8. The van der Waals surface area contributed by atoms with E-state index in [1.54, 1.807) is 6.07 Å². The zero-order valence-electron chi connectivity index (χ0n) is 7.64. The average molecular weight is 230 g/mol. The van der Waals surface area contributed by atoms with E-state index in [1.165, 1.54) is 17.5 Å². The van der Waals surface area contributed by atoms with E-state index in [-0.39, 0.29) is 6.54 Å². The molecule has 1 N–H and O–H groups in total. The number of furan rings is 1. The van der Waals surface area contributed by atoms with Crippen LogP contribution in [0.5, 0.6) is 0 Å². The van der Waals surface area contributed by atoms with Crippen LogP contribution in [-0.2, 0) is 0 Å². The number of urea groups is 1. The number of rotatable bonds is 2. The van der Waals surface area contributed by atoms with Gasteiger partial charge in [0.15, 0.2) is 0 Å². The number of hydrogen-bond donors (Lipinski definition) is 1. The molecule has 6 nitrogen and oxygen atoms in total. The van der Waals surface area contributed by atoms with Gasteiger partial charge in [0.05, 0.1) is 25.0 Å². The molecule has 1 aromatic heterocycles. The van der Waals surface area contributed by atoms with E-state index < -0.39 is 11.4 Å². The highest BCUT2D eigenvalue weighted by Crippen LogP contribution is 2.14. The first kappa shape index (κ1) is 9.85. The molecule has 80 valence electrons. The Morgan fingerprint density at radius 2 is 2.33 bits per heavy atom. The smallest absolute Gasteiger partial charge is 0.346 e. The van der Waals surface area contributed by atoms with Crippen molar-refractivity contribution in [1.82, 2.24) is 9.91 Å². The van der Waals surface area contributed by atoms with Crippen LogP contribution < -0.4 is 5.43 Å². The summed E-state index contributed by atoms with van der Waals surface area (Å²) in [4.78, 5) is 23.3. The second-order valence-corrected chi connectivity index (χ2v) is 3.29. The van der Waals surface area contributed by atoms with Gasteiger partial charge >= 0.3 is 11.4 Å². The van der Waals surface area contributed by atoms with Gasteiger partial charge in [-0.2, -0.15) is 0 Å². The van der Waals surface area contributed by atoms with Gasteiger partial charge in [0.25, 0.3) is 0 Å². The lowest BCUT2D eigenvalue weighted by atomic mass is 10.5. The number of carbonyl (C=O) groups excluding carboxylic acids is 2. The van der Waals surface area contributed by atoms with Crippen LogP contribution in [0, 0.1) is 0 Å². The Bertz CT molecular complexity index is 378. The van der Waals surface area contributed by atoms with E-state index in [0.29, 0.717) is 12.2 Å². The molecule has 0 aromatic carbocycles. The lowest BCUT2D eigenvalue weighted by molar-refractivity contribution is 0.199. The minimum absolute atomic E-state index is 0.284. The Morgan fingerprint density at radius 1 is 1.53 bits per heavy atom. The van der Waals surface area contributed by atoms with Crippen LogP contribution in [-0.4, -0.2) is 34.4 Å². The van der Waals surface area contributed by atoms with Crippen molar-refractivity contribution < 1.29 is 14.0 Å². The maximum absolute atomic E-state index is 11.5. The molecule has 3 amide bonds. The van der Waals surface area contributed by atoms with Gasteiger partial charge in [-0.25, -0.2) is 14.7 Å². The quantitative estimate of drug-likeness (QED) is 0.619. The molecule has 1 fully saturated rings. The third kappa shape index (κ3) is 1.89. The van der Waals surface area contributed by atoms with E-state index in [0.717, 1.165) is 4.90 Å². The molecule has 2 rings (SSSR count). The number of nitrogens with zero attached hydrogens (tertiary/aromatic N) is 2. The number of anilines is 1. The number of imide groups is 1. The fourth-order valence-electron chi connectivity index (χ4n) is 1.29. The molecule has 0 atom stereocenters. The van der Waals surface area contributed by atoms with Crippen LogP contribution in [0.4, 0.5) is 15.3 Å². The monoisotopic (exact) mass is 229 g/mol. The molecule has 1 aromatic rings. The molecule has 0 saturated carbocycles. The molecule has 0 unspecified atom stereocenters. The minimum Gasteiger partial charge on any atom is -0.470 e. The van der Waals surface area contributed by atoms with Gasteiger partial charge in [-0.3, -0.25) is 10.2 Å². The van der Waals surface area contributed by atoms with E-state index in [4.69, 9.17) is 16.0 Å². The Kier molecular flexibility index (Phi) is 2.51. The Labute approximate surface area is 90.3 Å². The number of amides is 3. The number of hydrazine groups is 1. The second-order valence-electron chi connectivity index (χ2n) is 2.96. The molecule has 1 saturated heterocycles. The molecule has 0 spiro atoms. The minimum atomic E-state index is -0.767. The van der Waals surface area contributed by atoms with Crippen LogP contribution in [0.1, 0.15) is 0 Å². The Hall–Kier alpha value is -1.69. The molecule has 2 heterocycles. The summed E-state index contributed by atoms with van der Waals surface area (Å²) in [6.07, 6.45) is 2.94. The normalized spacial score (nSPS) is 15.9. The molecule has 0 bridgehead atoms. The standard InChI is InChI=1S/C8H8ClN3O3/c9-7(13)11-2-3-12(8(11)14)10-6-1-4-15-5-6/h1,4-5,10H,2-3H2. The Morgan fingerprint density at radius 3 is 2.87 bits per heavy atom. The average Bonchev–Trinajstić information content (AvgIpc) is 2.78. The third-order valence-corrected chi connectivity index (χ3v) is 2.21. The number of halogens is 1. The zero-order valence-corrected chi connectivity index (χ0v) is 8.40. The third-order valence-electron chi connectivity index (χ3n) is 2.01. The van der Waals surface area contributed by atoms with Gasteiger partial charge in [-0.05, 0) is 11.6 Å². The fraction of sp³-hybridized carbons (Fsp3) is 0.250. The van der Waals surface area contributed by atoms with Crippen molar-refractivity contribution in [3.63, 3.8) is 0 Å². The van der Waals surface area contributed by atoms with Crippen LogP contribution >= 0.6 is 11.6 Å². The molecular formula is C8H8ClN3O3. The second kappa shape index (κ2) is 3.82. The van der Waals surface area contributed by atoms with Crippen molar-refractivity contribution >= 4 is 28.7 Å². The van der Waals surface area contributed by atoms with Crippen molar-refractivity contribution in [3.05, 3.63) is 18.6 Å². The predicted octanol–water partition coefficient (Wildman–Crippen LogP) is 1.70. The SMILES string of the molecule is O=C(Cl)N1CCN(Nc2ccoc2)C1=O. The highest BCUT2D eigenvalue weighted by atomic mass is 35.5. The lowest BCUT2D eigenvalue weighted by Crippen LogP contribution is -2.36. The van der Waals surface area contributed by atoms with Crippen LogP contribution in [0.3, 0.4) is 0 Å². The van der Waals surface area contributed by atoms with Gasteiger partial charge in [0, 0.05) is 6.07 Å². The van der Waals surface area contributed by atoms with E-state index in [9.17, 15) is 9.59 Å². The summed E-state index contributed by atoms with van der Waals surface area (Å²) in [5.74, 6) is 0. The number of hydrogen-bond acceptors (Lipinski definition) is 4. The highest BCUT2D eigenvalue weighted by Gasteiger charge is 2.32. The molecule has 7 heteroatoms. The number of nitrogens with one attached hydrogen (secondary N) is 1. The molecule has 0 aliphatic carbocycles. The molecule has 1 aliphatic heterocycles. The van der Waals surface area contributed by atoms with Gasteiger partial charge < -0.3 is 4.42 Å².